The van der Waals surface area contributed by atoms with Crippen LogP contribution in [0.3, 0.4) is 0 Å². The number of benzene rings is 4. The minimum absolute atomic E-state index is 0.0351. The van der Waals surface area contributed by atoms with Crippen LogP contribution in [0.2, 0.25) is 5.02 Å². The van der Waals surface area contributed by atoms with Crippen LogP contribution in [0.4, 0.5) is 24.5 Å². The van der Waals surface area contributed by atoms with E-state index < -0.39 is 52.8 Å². The van der Waals surface area contributed by atoms with Crippen molar-refractivity contribution in [3.8, 4) is 0 Å². The highest BCUT2D eigenvalue weighted by molar-refractivity contribution is 7.99. The molecule has 2 saturated heterocycles. The van der Waals surface area contributed by atoms with Crippen LogP contribution in [-0.4, -0.2) is 96.4 Å². The third-order valence-corrected chi connectivity index (χ3v) is 16.2. The summed E-state index contributed by atoms with van der Waals surface area (Å²) in [6.45, 7) is 8.44. The standard InChI is InChI=1S/C46H53ClF3N5O6S3/c1-45(2)20-18-33(41(26-45)31-8-12-34(47)13-9-31)27-51-21-22-52-35-14-10-32(11-15-35)44(56)54-64(59,60)40-16-17-42(43(25-40)63(57,58)46(48,49)50)53-36(30-62-39-6-4-3-5-7-39)19-23-55-28-38-24-37(55)29-61-38/h3-17,25,36-38,51-53H,18-24,26-30H2,1-2H3,(H,54,56)/t36-,37+,38+/m1/s1. The first kappa shape index (κ1) is 47.9. The second-order valence-corrected chi connectivity index (χ2v) is 22.4. The molecule has 18 heteroatoms. The van der Waals surface area contributed by atoms with E-state index in [9.17, 15) is 34.8 Å². The van der Waals surface area contributed by atoms with Crippen molar-refractivity contribution in [3.63, 3.8) is 0 Å². The molecule has 2 fully saturated rings. The van der Waals surface area contributed by atoms with Crippen molar-refractivity contribution in [2.45, 2.75) is 84.3 Å². The molecule has 1 aliphatic carbocycles. The Labute approximate surface area is 382 Å². The average molecular weight is 961 g/mol. The van der Waals surface area contributed by atoms with E-state index in [0.29, 0.717) is 55.2 Å². The molecular weight excluding hydrogens is 907 g/mol. The molecule has 11 nitrogen and oxygen atoms in total. The summed E-state index contributed by atoms with van der Waals surface area (Å²) in [5, 5.41) is 10.5. The second kappa shape index (κ2) is 20.2. The molecule has 0 aromatic heterocycles. The summed E-state index contributed by atoms with van der Waals surface area (Å²) in [4.78, 5) is 14.3. The first-order valence-corrected chi connectivity index (χ1v) is 25.5. The number of hydrogen-bond donors (Lipinski definition) is 4. The minimum Gasteiger partial charge on any atom is -0.384 e. The lowest BCUT2D eigenvalue weighted by Gasteiger charge is -2.34. The third-order valence-electron chi connectivity index (χ3n) is 11.9. The summed E-state index contributed by atoms with van der Waals surface area (Å²) in [6.07, 6.45) is 4.57. The van der Waals surface area contributed by atoms with Gasteiger partial charge in [0.05, 0.1) is 23.3 Å². The fraction of sp³-hybridized carbons (Fsp3) is 0.413. The number of allylic oxidation sites excluding steroid dienone is 1. The lowest BCUT2D eigenvalue weighted by atomic mass is 9.72. The van der Waals surface area contributed by atoms with Gasteiger partial charge in [0.2, 0.25) is 0 Å². The highest BCUT2D eigenvalue weighted by Crippen LogP contribution is 2.43. The molecular formula is C46H53ClF3N5O6S3. The molecule has 2 aliphatic heterocycles. The zero-order valence-corrected chi connectivity index (χ0v) is 38.8. The number of hydrogen-bond acceptors (Lipinski definition) is 11. The number of ether oxygens (including phenoxy) is 1. The number of thioether (sulfide) groups is 1. The van der Waals surface area contributed by atoms with Gasteiger partial charge in [0.25, 0.3) is 25.8 Å². The van der Waals surface area contributed by atoms with Gasteiger partial charge in [-0.05, 0) is 115 Å². The van der Waals surface area contributed by atoms with Crippen molar-refractivity contribution >= 4 is 66.1 Å². The maximum Gasteiger partial charge on any atom is 0.501 e. The van der Waals surface area contributed by atoms with Crippen molar-refractivity contribution < 1.29 is 39.5 Å². The largest absolute Gasteiger partial charge is 0.501 e. The fourth-order valence-corrected chi connectivity index (χ4v) is 11.5. The van der Waals surface area contributed by atoms with Crippen LogP contribution in [0.1, 0.15) is 61.9 Å². The molecule has 4 aromatic rings. The Morgan fingerprint density at radius 1 is 0.969 bits per heavy atom. The minimum atomic E-state index is -6.05. The van der Waals surface area contributed by atoms with Gasteiger partial charge in [-0.25, -0.2) is 21.6 Å². The molecule has 7 rings (SSSR count). The highest BCUT2D eigenvalue weighted by Gasteiger charge is 2.48. The lowest BCUT2D eigenvalue weighted by molar-refractivity contribution is -0.0435. The summed E-state index contributed by atoms with van der Waals surface area (Å²) >= 11 is 7.60. The summed E-state index contributed by atoms with van der Waals surface area (Å²) in [6, 6.07) is 25.5. The number of fused-ring (bicyclic) bond motifs is 2. The number of nitrogens with zero attached hydrogens (tertiary/aromatic N) is 1. The Hall–Kier alpha value is -4.10. The number of sulfone groups is 1. The van der Waals surface area contributed by atoms with E-state index in [0.717, 1.165) is 55.8 Å². The monoisotopic (exact) mass is 959 g/mol. The van der Waals surface area contributed by atoms with Crippen LogP contribution in [0.5, 0.6) is 0 Å². The van der Waals surface area contributed by atoms with Gasteiger partial charge in [0, 0.05) is 71.7 Å². The van der Waals surface area contributed by atoms with Crippen LogP contribution < -0.4 is 20.7 Å². The van der Waals surface area contributed by atoms with Crippen molar-refractivity contribution in [1.82, 2.24) is 14.9 Å². The molecule has 0 unspecified atom stereocenters. The predicted octanol–water partition coefficient (Wildman–Crippen LogP) is 8.85. The van der Waals surface area contributed by atoms with Gasteiger partial charge in [-0.2, -0.15) is 13.2 Å². The number of amides is 1. The molecule has 4 N–H and O–H groups in total. The molecule has 0 spiro atoms. The highest BCUT2D eigenvalue weighted by atomic mass is 35.5. The maximum atomic E-state index is 14.2. The van der Waals surface area contributed by atoms with E-state index in [1.165, 1.54) is 40.6 Å². The Balaban J connectivity index is 0.987. The van der Waals surface area contributed by atoms with Gasteiger partial charge >= 0.3 is 5.51 Å². The van der Waals surface area contributed by atoms with Crippen molar-refractivity contribution in [2.24, 2.45) is 5.41 Å². The van der Waals surface area contributed by atoms with Crippen molar-refractivity contribution in [1.29, 1.82) is 0 Å². The molecule has 2 heterocycles. The number of morpholine rings is 1. The van der Waals surface area contributed by atoms with E-state index >= 15 is 0 Å². The normalized spacial score (nSPS) is 19.4. The SMILES string of the molecule is CC1(C)CCC(CNCCNc2ccc(C(=O)NS(=O)(=O)c3ccc(N[C@H](CCN4C[C@@H]5C[C@H]4CO5)CSc4ccccc4)c(S(=O)(=O)C(F)(F)F)c3)cc2)=C(c2ccc(Cl)cc2)C1. The van der Waals surface area contributed by atoms with Crippen LogP contribution in [0.25, 0.3) is 5.57 Å². The van der Waals surface area contributed by atoms with Gasteiger partial charge < -0.3 is 20.7 Å². The topological polar surface area (TPSA) is 146 Å². The molecule has 3 atom stereocenters. The van der Waals surface area contributed by atoms with Gasteiger partial charge in [0.15, 0.2) is 0 Å². The Morgan fingerprint density at radius 2 is 1.70 bits per heavy atom. The number of halogens is 4. The Kier molecular flexibility index (Phi) is 15.1. The van der Waals surface area contributed by atoms with E-state index in [-0.39, 0.29) is 23.1 Å². The maximum absolute atomic E-state index is 14.2. The number of carbonyl (C=O) groups excluding carboxylic acids is 1. The van der Waals surface area contributed by atoms with Crippen LogP contribution in [0.15, 0.2) is 117 Å². The van der Waals surface area contributed by atoms with Gasteiger partial charge in [-0.3, -0.25) is 9.69 Å². The zero-order valence-electron chi connectivity index (χ0n) is 35.6. The number of carbonyl (C=O) groups is 1. The lowest BCUT2D eigenvalue weighted by Crippen LogP contribution is -2.40. The number of alkyl halides is 3. The number of anilines is 2. The molecule has 344 valence electrons. The van der Waals surface area contributed by atoms with Crippen molar-refractivity contribution in [3.05, 3.63) is 119 Å². The molecule has 3 aliphatic rings. The zero-order chi connectivity index (χ0) is 45.7. The van der Waals surface area contributed by atoms with Gasteiger partial charge in [0.1, 0.15) is 4.90 Å². The van der Waals surface area contributed by atoms with Gasteiger partial charge in [-0.15, -0.1) is 11.8 Å². The summed E-state index contributed by atoms with van der Waals surface area (Å²) in [5.74, 6) is -0.672. The fourth-order valence-electron chi connectivity index (χ4n) is 8.34. The quantitative estimate of drug-likeness (QED) is 0.0529. The first-order valence-electron chi connectivity index (χ1n) is 21.2. The Morgan fingerprint density at radius 3 is 2.38 bits per heavy atom. The Bertz CT molecular complexity index is 2530. The van der Waals surface area contributed by atoms with E-state index in [1.807, 2.05) is 47.2 Å². The molecule has 0 saturated carbocycles. The second-order valence-electron chi connectivity index (χ2n) is 17.2. The van der Waals surface area contributed by atoms with E-state index in [2.05, 4.69) is 46.8 Å². The molecule has 2 bridgehead atoms. The first-order chi connectivity index (χ1) is 30.4. The summed E-state index contributed by atoms with van der Waals surface area (Å²) in [5.41, 5.74) is -1.41. The molecule has 0 radical (unpaired) electrons. The van der Waals surface area contributed by atoms with Crippen LogP contribution >= 0.6 is 23.4 Å². The molecule has 64 heavy (non-hydrogen) atoms. The number of sulfonamides is 1. The van der Waals surface area contributed by atoms with Gasteiger partial charge in [-0.1, -0.05) is 61.4 Å². The summed E-state index contributed by atoms with van der Waals surface area (Å²) < 4.78 is 103. The average Bonchev–Trinajstić information content (AvgIpc) is 3.89. The van der Waals surface area contributed by atoms with E-state index in [1.54, 1.807) is 12.1 Å². The van der Waals surface area contributed by atoms with E-state index in [4.69, 9.17) is 16.3 Å². The number of likely N-dealkylation sites (tertiary alicyclic amines) is 1. The number of rotatable bonds is 19. The molecule has 4 aromatic carbocycles. The molecule has 1 amide bonds. The van der Waals surface area contributed by atoms with Crippen molar-refractivity contribution in [2.75, 3.05) is 55.7 Å². The van der Waals surface area contributed by atoms with Crippen LogP contribution in [-0.2, 0) is 24.6 Å². The predicted molar refractivity (Wildman–Crippen MR) is 247 cm³/mol. The van der Waals surface area contributed by atoms with Crippen LogP contribution in [0, 0.1) is 5.41 Å². The number of nitrogens with one attached hydrogen (secondary N) is 4. The smallest absolute Gasteiger partial charge is 0.384 e. The summed E-state index contributed by atoms with van der Waals surface area (Å²) in [7, 11) is -10.9. The third kappa shape index (κ3) is 12.0.